The molecule has 6 heteroatoms. The molecule has 1 heterocycles. The maximum Gasteiger partial charge on any atom is 0.241 e. The van der Waals surface area contributed by atoms with Crippen LogP contribution in [0.25, 0.3) is 10.9 Å². The molecule has 0 fully saturated rings. The van der Waals surface area contributed by atoms with Crippen molar-refractivity contribution in [2.24, 2.45) is 5.84 Å². The summed E-state index contributed by atoms with van der Waals surface area (Å²) in [5, 5.41) is 0.678. The van der Waals surface area contributed by atoms with Gasteiger partial charge in [-0.1, -0.05) is 24.3 Å². The lowest BCUT2D eigenvalue weighted by molar-refractivity contribution is 0.430. The van der Waals surface area contributed by atoms with Gasteiger partial charge in [0.1, 0.15) is 0 Å². The standard InChI is InChI=1S/C15H13FN4O/c1-9-5-4-8-12(13(9)16)21-14-10-6-2-3-7-11(10)18-15(19-14)20-17/h2-8H,17H2,1H3,(H,18,19,20). The molecule has 3 N–H and O–H groups in total. The monoisotopic (exact) mass is 284 g/mol. The van der Waals surface area contributed by atoms with Crippen molar-refractivity contribution >= 4 is 16.9 Å². The number of halogens is 1. The zero-order valence-corrected chi connectivity index (χ0v) is 11.3. The summed E-state index contributed by atoms with van der Waals surface area (Å²) in [6.07, 6.45) is 0. The minimum Gasteiger partial charge on any atom is -0.435 e. The van der Waals surface area contributed by atoms with Crippen LogP contribution in [-0.2, 0) is 0 Å². The Morgan fingerprint density at radius 3 is 2.71 bits per heavy atom. The number of nitrogens with two attached hydrogens (primary N) is 1. The van der Waals surface area contributed by atoms with Gasteiger partial charge in [0.15, 0.2) is 11.6 Å². The minimum atomic E-state index is -0.414. The number of nitrogen functional groups attached to an aromatic ring is 1. The molecule has 0 unspecified atom stereocenters. The third-order valence-corrected chi connectivity index (χ3v) is 3.06. The number of nitrogens with one attached hydrogen (secondary N) is 1. The van der Waals surface area contributed by atoms with Crippen LogP contribution in [0.2, 0.25) is 0 Å². The number of anilines is 1. The van der Waals surface area contributed by atoms with E-state index in [2.05, 4.69) is 15.4 Å². The van der Waals surface area contributed by atoms with E-state index in [0.29, 0.717) is 16.5 Å². The summed E-state index contributed by atoms with van der Waals surface area (Å²) in [7, 11) is 0. The first-order valence-electron chi connectivity index (χ1n) is 6.35. The summed E-state index contributed by atoms with van der Waals surface area (Å²) in [6.45, 7) is 1.67. The first-order valence-corrected chi connectivity index (χ1v) is 6.35. The van der Waals surface area contributed by atoms with Gasteiger partial charge in [0.05, 0.1) is 10.9 Å². The lowest BCUT2D eigenvalue weighted by atomic mass is 10.2. The van der Waals surface area contributed by atoms with Crippen LogP contribution < -0.4 is 16.0 Å². The lowest BCUT2D eigenvalue weighted by Crippen LogP contribution is -2.11. The van der Waals surface area contributed by atoms with Crippen LogP contribution in [0.1, 0.15) is 5.56 Å². The van der Waals surface area contributed by atoms with Gasteiger partial charge in [-0.25, -0.2) is 15.2 Å². The van der Waals surface area contributed by atoms with Gasteiger partial charge < -0.3 is 4.74 Å². The van der Waals surface area contributed by atoms with E-state index >= 15 is 0 Å². The van der Waals surface area contributed by atoms with Crippen molar-refractivity contribution in [1.29, 1.82) is 0 Å². The normalized spacial score (nSPS) is 10.6. The molecule has 1 aromatic heterocycles. The molecule has 3 rings (SSSR count). The zero-order chi connectivity index (χ0) is 14.8. The maximum absolute atomic E-state index is 14.1. The van der Waals surface area contributed by atoms with E-state index < -0.39 is 5.82 Å². The van der Waals surface area contributed by atoms with Gasteiger partial charge in [-0.05, 0) is 30.7 Å². The molecule has 0 aliphatic rings. The number of aromatic nitrogens is 2. The van der Waals surface area contributed by atoms with Crippen LogP contribution in [0.5, 0.6) is 11.6 Å². The molecule has 0 amide bonds. The topological polar surface area (TPSA) is 73.1 Å². The van der Waals surface area contributed by atoms with Crippen LogP contribution in [0.15, 0.2) is 42.5 Å². The Hall–Kier alpha value is -2.73. The summed E-state index contributed by atoms with van der Waals surface area (Å²) in [6, 6.07) is 12.2. The number of benzene rings is 2. The predicted octanol–water partition coefficient (Wildman–Crippen LogP) is 3.16. The fourth-order valence-electron chi connectivity index (χ4n) is 1.99. The van der Waals surface area contributed by atoms with Crippen molar-refractivity contribution in [3.05, 3.63) is 53.8 Å². The van der Waals surface area contributed by atoms with Gasteiger partial charge in [-0.3, -0.25) is 5.43 Å². The number of fused-ring (bicyclic) bond motifs is 1. The van der Waals surface area contributed by atoms with E-state index in [1.807, 2.05) is 12.1 Å². The van der Waals surface area contributed by atoms with E-state index in [0.717, 1.165) is 0 Å². The number of hydrogen-bond acceptors (Lipinski definition) is 5. The summed E-state index contributed by atoms with van der Waals surface area (Å²) in [4.78, 5) is 8.36. The third kappa shape index (κ3) is 2.48. The molecule has 0 saturated carbocycles. The largest absolute Gasteiger partial charge is 0.435 e. The van der Waals surface area contributed by atoms with E-state index in [1.54, 1.807) is 37.3 Å². The molecule has 0 atom stereocenters. The summed E-state index contributed by atoms with van der Waals surface area (Å²) in [5.41, 5.74) is 3.53. The number of hydrogen-bond donors (Lipinski definition) is 2. The summed E-state index contributed by atoms with van der Waals surface area (Å²) in [5.74, 6) is 5.50. The number of rotatable bonds is 3. The second-order valence-corrected chi connectivity index (χ2v) is 4.50. The molecule has 0 aliphatic heterocycles. The molecule has 3 aromatic rings. The highest BCUT2D eigenvalue weighted by molar-refractivity contribution is 5.84. The predicted molar refractivity (Wildman–Crippen MR) is 78.6 cm³/mol. The lowest BCUT2D eigenvalue weighted by Gasteiger charge is -2.10. The smallest absolute Gasteiger partial charge is 0.241 e. The highest BCUT2D eigenvalue weighted by atomic mass is 19.1. The SMILES string of the molecule is Cc1cccc(Oc2nc(NN)nc3ccccc23)c1F. The molecular weight excluding hydrogens is 271 g/mol. The molecule has 0 spiro atoms. The highest BCUT2D eigenvalue weighted by Crippen LogP contribution is 2.30. The van der Waals surface area contributed by atoms with E-state index in [-0.39, 0.29) is 17.6 Å². The van der Waals surface area contributed by atoms with Crippen molar-refractivity contribution in [3.8, 4) is 11.6 Å². The van der Waals surface area contributed by atoms with Crippen LogP contribution in [0.4, 0.5) is 10.3 Å². The van der Waals surface area contributed by atoms with Crippen molar-refractivity contribution in [2.45, 2.75) is 6.92 Å². The first-order chi connectivity index (χ1) is 10.2. The molecule has 0 saturated heterocycles. The Bertz CT molecular complexity index is 807. The van der Waals surface area contributed by atoms with E-state index in [4.69, 9.17) is 10.6 Å². The Labute approximate surface area is 120 Å². The van der Waals surface area contributed by atoms with Crippen LogP contribution in [0, 0.1) is 12.7 Å². The fourth-order valence-corrected chi connectivity index (χ4v) is 1.99. The Morgan fingerprint density at radius 1 is 1.10 bits per heavy atom. The van der Waals surface area contributed by atoms with E-state index in [9.17, 15) is 4.39 Å². The molecular formula is C15H13FN4O. The highest BCUT2D eigenvalue weighted by Gasteiger charge is 2.12. The van der Waals surface area contributed by atoms with Crippen LogP contribution in [-0.4, -0.2) is 9.97 Å². The van der Waals surface area contributed by atoms with Crippen molar-refractivity contribution < 1.29 is 9.13 Å². The fraction of sp³-hybridized carbons (Fsp3) is 0.0667. The van der Waals surface area contributed by atoms with Crippen molar-refractivity contribution in [3.63, 3.8) is 0 Å². The minimum absolute atomic E-state index is 0.113. The van der Waals surface area contributed by atoms with Crippen LogP contribution >= 0.6 is 0 Å². The molecule has 5 nitrogen and oxygen atoms in total. The number of aryl methyl sites for hydroxylation is 1. The maximum atomic E-state index is 14.1. The van der Waals surface area contributed by atoms with Gasteiger partial charge in [-0.15, -0.1) is 0 Å². The number of para-hydroxylation sites is 1. The van der Waals surface area contributed by atoms with Crippen LogP contribution in [0.3, 0.4) is 0 Å². The second kappa shape index (κ2) is 5.34. The average molecular weight is 284 g/mol. The molecule has 106 valence electrons. The molecule has 21 heavy (non-hydrogen) atoms. The molecule has 2 aromatic carbocycles. The molecule has 0 radical (unpaired) electrons. The quantitative estimate of drug-likeness (QED) is 0.571. The number of hydrazine groups is 1. The Morgan fingerprint density at radius 2 is 1.90 bits per heavy atom. The van der Waals surface area contributed by atoms with Crippen molar-refractivity contribution in [2.75, 3.05) is 5.43 Å². The van der Waals surface area contributed by atoms with E-state index in [1.165, 1.54) is 0 Å². The molecule has 0 bridgehead atoms. The van der Waals surface area contributed by atoms with Gasteiger partial charge in [0.2, 0.25) is 11.8 Å². The van der Waals surface area contributed by atoms with Gasteiger partial charge in [0.25, 0.3) is 0 Å². The second-order valence-electron chi connectivity index (χ2n) is 4.50. The van der Waals surface area contributed by atoms with Gasteiger partial charge in [-0.2, -0.15) is 4.98 Å². The van der Waals surface area contributed by atoms with Gasteiger partial charge >= 0.3 is 0 Å². The van der Waals surface area contributed by atoms with Gasteiger partial charge in [0, 0.05) is 0 Å². The number of nitrogens with zero attached hydrogens (tertiary/aromatic N) is 2. The van der Waals surface area contributed by atoms with Crippen molar-refractivity contribution in [1.82, 2.24) is 9.97 Å². The first kappa shape index (κ1) is 13.3. The summed E-state index contributed by atoms with van der Waals surface area (Å²) >= 11 is 0. The Kier molecular flexibility index (Phi) is 3.37. The molecule has 0 aliphatic carbocycles. The average Bonchev–Trinajstić information content (AvgIpc) is 2.51. The summed E-state index contributed by atoms with van der Waals surface area (Å²) < 4.78 is 19.7. The third-order valence-electron chi connectivity index (χ3n) is 3.06. The Balaban J connectivity index is 2.13. The zero-order valence-electron chi connectivity index (χ0n) is 11.3. The number of ether oxygens (including phenoxy) is 1.